The number of para-hydroxylation sites is 2. The fourth-order valence-corrected chi connectivity index (χ4v) is 2.63. The van der Waals surface area contributed by atoms with Crippen LogP contribution in [0.5, 0.6) is 5.75 Å². The van der Waals surface area contributed by atoms with Crippen molar-refractivity contribution in [1.29, 1.82) is 0 Å². The van der Waals surface area contributed by atoms with Crippen molar-refractivity contribution in [3.05, 3.63) is 94.5 Å². The third kappa shape index (κ3) is 5.20. The van der Waals surface area contributed by atoms with Crippen LogP contribution in [0.4, 0.5) is 17.1 Å². The number of carbonyl (C=O) groups excluding carboxylic acids is 2. The van der Waals surface area contributed by atoms with Crippen molar-refractivity contribution in [3.63, 3.8) is 0 Å². The fraction of sp³-hybridized carbons (Fsp3) is 0.0909. The summed E-state index contributed by atoms with van der Waals surface area (Å²) in [5, 5.41) is 16.5. The number of nitrogens with zero attached hydrogens (tertiary/aromatic N) is 1. The van der Waals surface area contributed by atoms with Gasteiger partial charge in [-0.25, -0.2) is 0 Å². The Bertz CT molecular complexity index is 1050. The molecule has 3 rings (SSSR count). The molecule has 0 aromatic heterocycles. The van der Waals surface area contributed by atoms with Gasteiger partial charge < -0.3 is 15.4 Å². The summed E-state index contributed by atoms with van der Waals surface area (Å²) < 4.78 is 5.46. The number of amides is 2. The molecule has 0 saturated carbocycles. The van der Waals surface area contributed by atoms with Gasteiger partial charge in [0, 0.05) is 23.0 Å². The molecule has 2 N–H and O–H groups in total. The number of anilines is 2. The average Bonchev–Trinajstić information content (AvgIpc) is 2.76. The van der Waals surface area contributed by atoms with Crippen molar-refractivity contribution in [2.24, 2.45) is 0 Å². The van der Waals surface area contributed by atoms with E-state index in [0.29, 0.717) is 16.9 Å². The Hall–Kier alpha value is -4.20. The lowest BCUT2D eigenvalue weighted by atomic mass is 10.2. The first-order valence-corrected chi connectivity index (χ1v) is 9.11. The number of nitrogens with one attached hydrogen (secondary N) is 2. The molecule has 0 aliphatic rings. The normalized spacial score (nSPS) is 11.2. The van der Waals surface area contributed by atoms with Gasteiger partial charge in [-0.05, 0) is 49.4 Å². The molecule has 2 amide bonds. The second-order valence-electron chi connectivity index (χ2n) is 6.37. The number of nitro benzene ring substituents is 1. The number of nitro groups is 1. The first-order chi connectivity index (χ1) is 14.4. The molecule has 8 heteroatoms. The zero-order valence-electron chi connectivity index (χ0n) is 16.1. The van der Waals surface area contributed by atoms with Crippen molar-refractivity contribution >= 4 is 28.9 Å². The molecule has 30 heavy (non-hydrogen) atoms. The molecule has 0 aliphatic heterocycles. The number of benzene rings is 3. The Kier molecular flexibility index (Phi) is 6.39. The van der Waals surface area contributed by atoms with Gasteiger partial charge in [-0.1, -0.05) is 30.3 Å². The molecule has 0 spiro atoms. The summed E-state index contributed by atoms with van der Waals surface area (Å²) >= 11 is 0. The minimum atomic E-state index is -0.955. The van der Waals surface area contributed by atoms with Crippen LogP contribution in [-0.2, 0) is 4.79 Å². The lowest BCUT2D eigenvalue weighted by Crippen LogP contribution is -2.30. The van der Waals surface area contributed by atoms with Gasteiger partial charge in [-0.2, -0.15) is 0 Å². The van der Waals surface area contributed by atoms with E-state index < -0.39 is 16.9 Å². The molecule has 0 radical (unpaired) electrons. The van der Waals surface area contributed by atoms with Crippen LogP contribution in [0.1, 0.15) is 17.3 Å². The van der Waals surface area contributed by atoms with Crippen molar-refractivity contribution < 1.29 is 19.2 Å². The monoisotopic (exact) mass is 405 g/mol. The molecule has 1 atom stereocenters. The van der Waals surface area contributed by atoms with Gasteiger partial charge in [-0.15, -0.1) is 0 Å². The largest absolute Gasteiger partial charge is 0.474 e. The van der Waals surface area contributed by atoms with Crippen molar-refractivity contribution in [1.82, 2.24) is 0 Å². The highest BCUT2D eigenvalue weighted by Gasteiger charge is 2.20. The van der Waals surface area contributed by atoms with Gasteiger partial charge in [0.15, 0.2) is 11.9 Å². The van der Waals surface area contributed by atoms with Crippen LogP contribution in [0, 0.1) is 10.1 Å². The summed E-state index contributed by atoms with van der Waals surface area (Å²) in [6, 6.07) is 21.2. The smallest absolute Gasteiger partial charge is 0.310 e. The van der Waals surface area contributed by atoms with E-state index in [1.54, 1.807) is 54.6 Å². The highest BCUT2D eigenvalue weighted by atomic mass is 16.6. The van der Waals surface area contributed by atoms with Gasteiger partial charge in [-0.3, -0.25) is 19.7 Å². The van der Waals surface area contributed by atoms with Crippen molar-refractivity contribution in [2.45, 2.75) is 13.0 Å². The summed E-state index contributed by atoms with van der Waals surface area (Å²) in [6.45, 7) is 1.50. The molecule has 8 nitrogen and oxygen atoms in total. The Morgan fingerprint density at radius 1 is 0.867 bits per heavy atom. The van der Waals surface area contributed by atoms with Gasteiger partial charge >= 0.3 is 5.69 Å². The van der Waals surface area contributed by atoms with Crippen LogP contribution in [0.2, 0.25) is 0 Å². The lowest BCUT2D eigenvalue weighted by molar-refractivity contribution is -0.386. The van der Waals surface area contributed by atoms with E-state index in [1.807, 2.05) is 6.07 Å². The highest BCUT2D eigenvalue weighted by Crippen LogP contribution is 2.27. The molecular weight excluding hydrogens is 386 g/mol. The Balaban J connectivity index is 1.59. The summed E-state index contributed by atoms with van der Waals surface area (Å²) in [4.78, 5) is 35.0. The van der Waals surface area contributed by atoms with Crippen LogP contribution in [0.3, 0.4) is 0 Å². The van der Waals surface area contributed by atoms with E-state index in [2.05, 4.69) is 10.6 Å². The molecular formula is C22H19N3O5. The first-order valence-electron chi connectivity index (χ1n) is 9.11. The molecule has 0 heterocycles. The van der Waals surface area contributed by atoms with Crippen molar-refractivity contribution in [2.75, 3.05) is 10.6 Å². The first kappa shape index (κ1) is 20.5. The zero-order valence-corrected chi connectivity index (χ0v) is 16.1. The minimum Gasteiger partial charge on any atom is -0.474 e. The maximum absolute atomic E-state index is 12.4. The standard InChI is InChI=1S/C22H19N3O5/c1-15(30-20-10-6-5-9-19(20)25(28)29)21(26)23-17-11-13-18(14-12-17)24-22(27)16-7-3-2-4-8-16/h2-15H,1H3,(H,23,26)(H,24,27). The fourth-order valence-electron chi connectivity index (χ4n) is 2.63. The van der Waals surface area contributed by atoms with E-state index in [9.17, 15) is 19.7 Å². The van der Waals surface area contributed by atoms with E-state index >= 15 is 0 Å². The molecule has 0 bridgehead atoms. The second-order valence-corrected chi connectivity index (χ2v) is 6.37. The molecule has 3 aromatic rings. The summed E-state index contributed by atoms with van der Waals surface area (Å²) in [7, 11) is 0. The lowest BCUT2D eigenvalue weighted by Gasteiger charge is -2.15. The predicted molar refractivity (Wildman–Crippen MR) is 113 cm³/mol. The number of ether oxygens (including phenoxy) is 1. The van der Waals surface area contributed by atoms with Gasteiger partial charge in [0.05, 0.1) is 4.92 Å². The minimum absolute atomic E-state index is 0.0177. The number of hydrogen-bond acceptors (Lipinski definition) is 5. The predicted octanol–water partition coefficient (Wildman–Crippen LogP) is 4.25. The Labute approximate surface area is 172 Å². The van der Waals surface area contributed by atoms with Crippen LogP contribution in [0.25, 0.3) is 0 Å². The third-order valence-electron chi connectivity index (χ3n) is 4.18. The highest BCUT2D eigenvalue weighted by molar-refractivity contribution is 6.04. The summed E-state index contributed by atoms with van der Waals surface area (Å²) in [6.07, 6.45) is -0.955. The van der Waals surface area contributed by atoms with Crippen LogP contribution in [-0.4, -0.2) is 22.8 Å². The number of hydrogen-bond donors (Lipinski definition) is 2. The Morgan fingerprint density at radius 2 is 1.43 bits per heavy atom. The van der Waals surface area contributed by atoms with E-state index in [4.69, 9.17) is 4.74 Å². The molecule has 152 valence electrons. The SMILES string of the molecule is CC(Oc1ccccc1[N+](=O)[O-])C(=O)Nc1ccc(NC(=O)c2ccccc2)cc1. The van der Waals surface area contributed by atoms with Gasteiger partial charge in [0.25, 0.3) is 11.8 Å². The van der Waals surface area contributed by atoms with E-state index in [0.717, 1.165) is 0 Å². The third-order valence-corrected chi connectivity index (χ3v) is 4.18. The topological polar surface area (TPSA) is 111 Å². The number of carbonyl (C=O) groups is 2. The van der Waals surface area contributed by atoms with E-state index in [-0.39, 0.29) is 17.3 Å². The molecule has 0 fully saturated rings. The molecule has 0 aliphatic carbocycles. The van der Waals surface area contributed by atoms with Crippen LogP contribution in [0.15, 0.2) is 78.9 Å². The summed E-state index contributed by atoms with van der Waals surface area (Å²) in [5.41, 5.74) is 1.40. The molecule has 1 unspecified atom stereocenters. The van der Waals surface area contributed by atoms with Crippen molar-refractivity contribution in [3.8, 4) is 5.75 Å². The Morgan fingerprint density at radius 3 is 2.07 bits per heavy atom. The quantitative estimate of drug-likeness (QED) is 0.451. The van der Waals surface area contributed by atoms with Gasteiger partial charge in [0.1, 0.15) is 0 Å². The molecule has 0 saturated heterocycles. The zero-order chi connectivity index (χ0) is 21.5. The van der Waals surface area contributed by atoms with E-state index in [1.165, 1.54) is 25.1 Å². The van der Waals surface area contributed by atoms with Crippen LogP contribution >= 0.6 is 0 Å². The maximum atomic E-state index is 12.4. The molecule has 3 aromatic carbocycles. The maximum Gasteiger partial charge on any atom is 0.310 e. The second kappa shape index (κ2) is 9.33. The number of rotatable bonds is 7. The van der Waals surface area contributed by atoms with Gasteiger partial charge in [0.2, 0.25) is 0 Å². The average molecular weight is 405 g/mol. The summed E-state index contributed by atoms with van der Waals surface area (Å²) in [5.74, 6) is -0.683. The van der Waals surface area contributed by atoms with Crippen LogP contribution < -0.4 is 15.4 Å².